The van der Waals surface area contributed by atoms with Gasteiger partial charge in [-0.1, -0.05) is 30.3 Å². The van der Waals surface area contributed by atoms with Crippen molar-refractivity contribution in [3.8, 4) is 0 Å². The molecule has 3 nitrogen and oxygen atoms in total. The number of aryl methyl sites for hydroxylation is 1. The molecule has 0 aliphatic carbocycles. The van der Waals surface area contributed by atoms with E-state index in [1.807, 2.05) is 43.3 Å². The van der Waals surface area contributed by atoms with E-state index in [-0.39, 0.29) is 11.8 Å². The number of fused-ring (bicyclic) bond motifs is 1. The molecule has 1 aliphatic heterocycles. The zero-order chi connectivity index (χ0) is 14.3. The standard InChI is InChI=1S/C16H12INO2/c1-10-5-2-3-6-11(10)9-18-15(19)12-7-4-8-13(17)14(12)16(18)20/h2-8H,9H2,1H3. The molecule has 0 fully saturated rings. The molecule has 1 heterocycles. The van der Waals surface area contributed by atoms with Gasteiger partial charge in [0.2, 0.25) is 0 Å². The Hall–Kier alpha value is -1.69. The Kier molecular flexibility index (Phi) is 3.33. The predicted molar refractivity (Wildman–Crippen MR) is 84.5 cm³/mol. The summed E-state index contributed by atoms with van der Waals surface area (Å²) in [5.74, 6) is -0.398. The number of rotatable bonds is 2. The lowest BCUT2D eigenvalue weighted by atomic mass is 10.1. The highest BCUT2D eigenvalue weighted by molar-refractivity contribution is 14.1. The maximum atomic E-state index is 12.4. The fourth-order valence-corrected chi connectivity index (χ4v) is 3.12. The fourth-order valence-electron chi connectivity index (χ4n) is 2.39. The van der Waals surface area contributed by atoms with Crippen LogP contribution in [0.25, 0.3) is 0 Å². The first-order valence-corrected chi connectivity index (χ1v) is 7.36. The fraction of sp³-hybridized carbons (Fsp3) is 0.125. The van der Waals surface area contributed by atoms with E-state index in [4.69, 9.17) is 0 Å². The Morgan fingerprint density at radius 3 is 2.45 bits per heavy atom. The van der Waals surface area contributed by atoms with E-state index in [2.05, 4.69) is 22.6 Å². The Morgan fingerprint density at radius 2 is 1.75 bits per heavy atom. The molecule has 20 heavy (non-hydrogen) atoms. The van der Waals surface area contributed by atoms with Crippen molar-refractivity contribution < 1.29 is 9.59 Å². The van der Waals surface area contributed by atoms with Crippen molar-refractivity contribution in [2.75, 3.05) is 0 Å². The van der Waals surface area contributed by atoms with Gasteiger partial charge in [-0.3, -0.25) is 14.5 Å². The molecule has 0 atom stereocenters. The van der Waals surface area contributed by atoms with Crippen LogP contribution in [0.5, 0.6) is 0 Å². The Balaban J connectivity index is 1.99. The normalized spacial score (nSPS) is 13.8. The average Bonchev–Trinajstić information content (AvgIpc) is 2.67. The number of halogens is 1. The van der Waals surface area contributed by atoms with Gasteiger partial charge in [0.1, 0.15) is 0 Å². The third-order valence-corrected chi connectivity index (χ3v) is 4.44. The molecule has 0 aromatic heterocycles. The number of benzene rings is 2. The molecule has 1 aliphatic rings. The van der Waals surface area contributed by atoms with Crippen molar-refractivity contribution in [1.29, 1.82) is 0 Å². The summed E-state index contributed by atoms with van der Waals surface area (Å²) in [6, 6.07) is 13.2. The zero-order valence-corrected chi connectivity index (χ0v) is 13.0. The molecule has 2 amide bonds. The van der Waals surface area contributed by atoms with Crippen LogP contribution in [0.4, 0.5) is 0 Å². The number of carbonyl (C=O) groups excluding carboxylic acids is 2. The van der Waals surface area contributed by atoms with Crippen LogP contribution in [0.3, 0.4) is 0 Å². The molecule has 100 valence electrons. The third kappa shape index (κ3) is 2.04. The SMILES string of the molecule is Cc1ccccc1CN1C(=O)c2cccc(I)c2C1=O. The average molecular weight is 377 g/mol. The summed E-state index contributed by atoms with van der Waals surface area (Å²) in [5.41, 5.74) is 3.12. The second-order valence-corrected chi connectivity index (χ2v) is 5.95. The van der Waals surface area contributed by atoms with Crippen LogP contribution in [0.1, 0.15) is 31.8 Å². The van der Waals surface area contributed by atoms with Crippen LogP contribution in [-0.4, -0.2) is 16.7 Å². The zero-order valence-electron chi connectivity index (χ0n) is 10.9. The summed E-state index contributed by atoms with van der Waals surface area (Å²) in [4.78, 5) is 26.1. The molecule has 0 radical (unpaired) electrons. The largest absolute Gasteiger partial charge is 0.270 e. The third-order valence-electron chi connectivity index (χ3n) is 3.54. The van der Waals surface area contributed by atoms with Gasteiger partial charge in [-0.2, -0.15) is 0 Å². The number of imide groups is 1. The van der Waals surface area contributed by atoms with E-state index < -0.39 is 0 Å². The second kappa shape index (κ2) is 5.01. The first-order valence-electron chi connectivity index (χ1n) is 6.29. The number of carbonyl (C=O) groups is 2. The summed E-state index contributed by atoms with van der Waals surface area (Å²) in [6.45, 7) is 2.31. The van der Waals surface area contributed by atoms with Crippen molar-refractivity contribution >= 4 is 34.4 Å². The molecule has 0 unspecified atom stereocenters. The maximum Gasteiger partial charge on any atom is 0.262 e. The van der Waals surface area contributed by atoms with Gasteiger partial charge < -0.3 is 0 Å². The number of nitrogens with zero attached hydrogens (tertiary/aromatic N) is 1. The van der Waals surface area contributed by atoms with Gasteiger partial charge in [-0.15, -0.1) is 0 Å². The van der Waals surface area contributed by atoms with E-state index in [1.165, 1.54) is 4.90 Å². The summed E-state index contributed by atoms with van der Waals surface area (Å²) < 4.78 is 0.825. The minimum absolute atomic E-state index is 0.196. The van der Waals surface area contributed by atoms with Crippen LogP contribution in [-0.2, 0) is 6.54 Å². The molecule has 3 rings (SSSR count). The molecular weight excluding hydrogens is 365 g/mol. The van der Waals surface area contributed by atoms with Crippen molar-refractivity contribution in [2.45, 2.75) is 13.5 Å². The van der Waals surface area contributed by atoms with Gasteiger partial charge in [0.25, 0.3) is 11.8 Å². The van der Waals surface area contributed by atoms with E-state index in [1.54, 1.807) is 6.07 Å². The number of amides is 2. The molecule has 2 aromatic carbocycles. The van der Waals surface area contributed by atoms with Crippen LogP contribution in [0.2, 0.25) is 0 Å². The monoisotopic (exact) mass is 377 g/mol. The van der Waals surface area contributed by atoms with Crippen molar-refractivity contribution in [2.24, 2.45) is 0 Å². The minimum Gasteiger partial charge on any atom is -0.270 e. The number of hydrogen-bond donors (Lipinski definition) is 0. The van der Waals surface area contributed by atoms with Gasteiger partial charge in [-0.25, -0.2) is 0 Å². The smallest absolute Gasteiger partial charge is 0.262 e. The van der Waals surface area contributed by atoms with Crippen LogP contribution in [0, 0.1) is 10.5 Å². The van der Waals surface area contributed by atoms with Crippen molar-refractivity contribution in [3.05, 3.63) is 68.3 Å². The van der Waals surface area contributed by atoms with Crippen molar-refractivity contribution in [1.82, 2.24) is 4.90 Å². The number of hydrogen-bond acceptors (Lipinski definition) is 2. The molecule has 0 saturated carbocycles. The van der Waals surface area contributed by atoms with Gasteiger partial charge in [-0.05, 0) is 52.8 Å². The highest BCUT2D eigenvalue weighted by atomic mass is 127. The van der Waals surface area contributed by atoms with Crippen LogP contribution in [0.15, 0.2) is 42.5 Å². The first kappa shape index (κ1) is 13.3. The summed E-state index contributed by atoms with van der Waals surface area (Å²) in [5, 5.41) is 0. The lowest BCUT2D eigenvalue weighted by molar-refractivity contribution is 0.0642. The molecular formula is C16H12INO2. The summed E-state index contributed by atoms with van der Waals surface area (Å²) >= 11 is 2.10. The molecule has 2 aromatic rings. The van der Waals surface area contributed by atoms with Gasteiger partial charge in [0, 0.05) is 3.57 Å². The quantitative estimate of drug-likeness (QED) is 0.595. The maximum absolute atomic E-state index is 12.4. The Morgan fingerprint density at radius 1 is 1.00 bits per heavy atom. The minimum atomic E-state index is -0.202. The Labute approximate surface area is 130 Å². The molecule has 0 N–H and O–H groups in total. The summed E-state index contributed by atoms with van der Waals surface area (Å²) in [6.07, 6.45) is 0. The van der Waals surface area contributed by atoms with E-state index in [0.29, 0.717) is 17.7 Å². The highest BCUT2D eigenvalue weighted by Crippen LogP contribution is 2.28. The van der Waals surface area contributed by atoms with Gasteiger partial charge in [0.05, 0.1) is 17.7 Å². The Bertz CT molecular complexity index is 724. The van der Waals surface area contributed by atoms with Crippen molar-refractivity contribution in [3.63, 3.8) is 0 Å². The topological polar surface area (TPSA) is 37.4 Å². The molecule has 4 heteroatoms. The van der Waals surface area contributed by atoms with Crippen LogP contribution >= 0.6 is 22.6 Å². The van der Waals surface area contributed by atoms with E-state index >= 15 is 0 Å². The first-order chi connectivity index (χ1) is 9.59. The second-order valence-electron chi connectivity index (χ2n) is 4.79. The lowest BCUT2D eigenvalue weighted by Gasteiger charge is -2.15. The molecule has 0 bridgehead atoms. The van der Waals surface area contributed by atoms with E-state index in [0.717, 1.165) is 14.7 Å². The van der Waals surface area contributed by atoms with Gasteiger partial charge >= 0.3 is 0 Å². The predicted octanol–water partition coefficient (Wildman–Crippen LogP) is 3.40. The molecule has 0 saturated heterocycles. The van der Waals surface area contributed by atoms with E-state index in [9.17, 15) is 9.59 Å². The summed E-state index contributed by atoms with van der Waals surface area (Å²) in [7, 11) is 0. The molecule has 0 spiro atoms. The highest BCUT2D eigenvalue weighted by Gasteiger charge is 2.36. The van der Waals surface area contributed by atoms with Crippen LogP contribution < -0.4 is 0 Å². The lowest BCUT2D eigenvalue weighted by Crippen LogP contribution is -2.29. The van der Waals surface area contributed by atoms with Gasteiger partial charge in [0.15, 0.2) is 0 Å².